The molecule has 29 heavy (non-hydrogen) atoms. The number of hydrogen-bond acceptors (Lipinski definition) is 5. The summed E-state index contributed by atoms with van der Waals surface area (Å²) in [6.07, 6.45) is 0. The van der Waals surface area contributed by atoms with Gasteiger partial charge in [0.2, 0.25) is 0 Å². The van der Waals surface area contributed by atoms with Gasteiger partial charge in [-0.15, -0.1) is 46.4 Å². The number of alkyl halides is 4. The Balaban J connectivity index is 5.27. The van der Waals surface area contributed by atoms with E-state index in [2.05, 4.69) is 0 Å². The molecule has 0 aliphatic heterocycles. The summed E-state index contributed by atoms with van der Waals surface area (Å²) in [5.74, 6) is 0.708. The van der Waals surface area contributed by atoms with Gasteiger partial charge in [0.05, 0.1) is 18.1 Å². The molecule has 0 bridgehead atoms. The van der Waals surface area contributed by atoms with E-state index >= 15 is 0 Å². The van der Waals surface area contributed by atoms with Crippen LogP contribution in [-0.4, -0.2) is 110 Å². The van der Waals surface area contributed by atoms with E-state index in [9.17, 15) is 13.0 Å². The van der Waals surface area contributed by atoms with Crippen LogP contribution in [-0.2, 0) is 18.9 Å². The number of hydrogen-bond donors (Lipinski definition) is 0. The molecule has 176 valence electrons. The zero-order valence-corrected chi connectivity index (χ0v) is 22.0. The smallest absolute Gasteiger partial charge is 0.305 e. The minimum absolute atomic E-state index is 0.0302. The lowest BCUT2D eigenvalue weighted by molar-refractivity contribution is 0.226. The molecular weight excluding hydrogens is 503 g/mol. The van der Waals surface area contributed by atoms with Crippen LogP contribution in [0.1, 0.15) is 13.8 Å². The highest BCUT2D eigenvalue weighted by Crippen LogP contribution is 2.54. The molecule has 0 spiro atoms. The molecule has 0 heterocycles. The Labute approximate surface area is 196 Å². The second-order valence-corrected chi connectivity index (χ2v) is 12.4. The maximum Gasteiger partial charge on any atom is 0.346 e. The Kier molecular flexibility index (Phi) is 17.4. The largest absolute Gasteiger partial charge is 0.346 e. The van der Waals surface area contributed by atoms with E-state index in [4.69, 9.17) is 50.9 Å². The number of halogens is 4. The summed E-state index contributed by atoms with van der Waals surface area (Å²) in [5, 5.41) is 0. The second kappa shape index (κ2) is 16.8. The first kappa shape index (κ1) is 30.2. The van der Waals surface area contributed by atoms with E-state index in [1.165, 1.54) is 0 Å². The Morgan fingerprint density at radius 2 is 1.17 bits per heavy atom. The highest BCUT2D eigenvalue weighted by molar-refractivity contribution is 7.91. The van der Waals surface area contributed by atoms with Crippen molar-refractivity contribution in [3.8, 4) is 0 Å². The van der Waals surface area contributed by atoms with Gasteiger partial charge in [-0.25, -0.2) is 17.8 Å². The van der Waals surface area contributed by atoms with Crippen molar-refractivity contribution in [2.75, 3.05) is 87.4 Å². The molecule has 0 saturated heterocycles. The molecule has 0 atom stereocenters. The molecule has 0 saturated carbocycles. The lowest BCUT2D eigenvalue weighted by Crippen LogP contribution is -2.38. The third kappa shape index (κ3) is 11.6. The Morgan fingerprint density at radius 3 is 1.52 bits per heavy atom. The van der Waals surface area contributed by atoms with E-state index < -0.39 is 17.5 Å². The molecule has 0 rings (SSSR count). The monoisotopic (exact) mass is 535 g/mol. The summed E-state index contributed by atoms with van der Waals surface area (Å²) in [6, 6.07) is 0. The van der Waals surface area contributed by atoms with Gasteiger partial charge in [0.1, 0.15) is 0 Å². The summed E-state index contributed by atoms with van der Waals surface area (Å²) < 4.78 is 47.5. The molecule has 0 aromatic heterocycles. The maximum atomic E-state index is 13.8. The molecule has 0 aromatic rings. The van der Waals surface area contributed by atoms with Crippen LogP contribution in [0.5, 0.6) is 0 Å². The van der Waals surface area contributed by atoms with Gasteiger partial charge in [0, 0.05) is 56.2 Å². The van der Waals surface area contributed by atoms with Crippen molar-refractivity contribution in [1.82, 2.24) is 14.2 Å². The summed E-state index contributed by atoms with van der Waals surface area (Å²) in [7, 11) is -6.94. The first-order chi connectivity index (χ1) is 13.7. The van der Waals surface area contributed by atoms with Crippen LogP contribution in [0.25, 0.3) is 0 Å². The fourth-order valence-electron chi connectivity index (χ4n) is 2.65. The first-order valence-electron chi connectivity index (χ1n) is 9.66. The fraction of sp³-hybridized carbons (Fsp3) is 1.00. The highest BCUT2D eigenvalue weighted by Gasteiger charge is 2.38. The van der Waals surface area contributed by atoms with Gasteiger partial charge in [0.15, 0.2) is 9.84 Å². The SMILES string of the molecule is CCN(CC)CCS(=O)(=O)CCOP(=O)(N(CCCl)CCCl)N(CCCl)CCCl. The molecule has 0 amide bonds. The molecule has 13 heteroatoms. The standard InChI is InChI=1S/C16H34Cl4N3O4PS/c1-3-21(4-2)13-15-29(25,26)16-14-27-28(24,22(9-5-17)10-6-18)23(11-7-19)12-8-20/h3-16H2,1-2H3. The first-order valence-corrected chi connectivity index (χ1v) is 15.2. The lowest BCUT2D eigenvalue weighted by atomic mass is 10.5. The normalized spacial score (nSPS) is 13.1. The van der Waals surface area contributed by atoms with E-state index in [-0.39, 0.29) is 67.8 Å². The Morgan fingerprint density at radius 1 is 0.759 bits per heavy atom. The molecule has 0 N–H and O–H groups in total. The zero-order chi connectivity index (χ0) is 22.3. The van der Waals surface area contributed by atoms with Crippen molar-refractivity contribution >= 4 is 63.9 Å². The van der Waals surface area contributed by atoms with Crippen LogP contribution in [0.4, 0.5) is 0 Å². The van der Waals surface area contributed by atoms with Crippen molar-refractivity contribution in [3.05, 3.63) is 0 Å². The predicted octanol–water partition coefficient (Wildman–Crippen LogP) is 3.43. The molecule has 0 aliphatic carbocycles. The third-order valence-electron chi connectivity index (χ3n) is 4.35. The summed E-state index contributed by atoms with van der Waals surface area (Å²) in [6.45, 7) is 6.93. The van der Waals surface area contributed by atoms with Crippen molar-refractivity contribution in [2.24, 2.45) is 0 Å². The van der Waals surface area contributed by atoms with Crippen molar-refractivity contribution in [1.29, 1.82) is 0 Å². The van der Waals surface area contributed by atoms with E-state index in [0.29, 0.717) is 6.54 Å². The van der Waals surface area contributed by atoms with Crippen molar-refractivity contribution < 1.29 is 17.5 Å². The molecule has 7 nitrogen and oxygen atoms in total. The lowest BCUT2D eigenvalue weighted by Gasteiger charge is -2.37. The quantitative estimate of drug-likeness (QED) is 0.185. The number of rotatable bonds is 19. The minimum Gasteiger partial charge on any atom is -0.305 e. The maximum absolute atomic E-state index is 13.8. The summed E-state index contributed by atoms with van der Waals surface area (Å²) in [4.78, 5) is 2.04. The van der Waals surface area contributed by atoms with Crippen LogP contribution in [0.3, 0.4) is 0 Å². The predicted molar refractivity (Wildman–Crippen MR) is 126 cm³/mol. The van der Waals surface area contributed by atoms with Crippen molar-refractivity contribution in [2.45, 2.75) is 13.8 Å². The van der Waals surface area contributed by atoms with Gasteiger partial charge in [-0.05, 0) is 13.1 Å². The van der Waals surface area contributed by atoms with Crippen LogP contribution in [0, 0.1) is 0 Å². The van der Waals surface area contributed by atoms with Gasteiger partial charge in [-0.3, -0.25) is 4.57 Å². The number of sulfone groups is 1. The topological polar surface area (TPSA) is 70.2 Å². The van der Waals surface area contributed by atoms with Crippen LogP contribution in [0.15, 0.2) is 0 Å². The fourth-order valence-corrected chi connectivity index (χ4v) is 7.57. The van der Waals surface area contributed by atoms with Gasteiger partial charge >= 0.3 is 7.67 Å². The molecule has 0 aromatic carbocycles. The molecule has 0 aliphatic rings. The van der Waals surface area contributed by atoms with Crippen LogP contribution >= 0.6 is 54.1 Å². The molecule has 0 radical (unpaired) electrons. The summed E-state index contributed by atoms with van der Waals surface area (Å²) >= 11 is 23.5. The average Bonchev–Trinajstić information content (AvgIpc) is 2.68. The van der Waals surface area contributed by atoms with Gasteiger partial charge in [-0.2, -0.15) is 0 Å². The Bertz CT molecular complexity index is 538. The van der Waals surface area contributed by atoms with E-state index in [0.717, 1.165) is 13.1 Å². The van der Waals surface area contributed by atoms with Gasteiger partial charge < -0.3 is 9.42 Å². The van der Waals surface area contributed by atoms with E-state index in [1.807, 2.05) is 18.7 Å². The number of nitrogens with zero attached hydrogens (tertiary/aromatic N) is 3. The second-order valence-electron chi connectivity index (χ2n) is 6.17. The third-order valence-corrected chi connectivity index (χ3v) is 9.37. The van der Waals surface area contributed by atoms with Crippen LogP contribution in [0.2, 0.25) is 0 Å². The van der Waals surface area contributed by atoms with Crippen molar-refractivity contribution in [3.63, 3.8) is 0 Å². The zero-order valence-electron chi connectivity index (χ0n) is 17.2. The highest BCUT2D eigenvalue weighted by atomic mass is 35.5. The average molecular weight is 537 g/mol. The Hall–Kier alpha value is 1.18. The molecule has 0 unspecified atom stereocenters. The summed E-state index contributed by atoms with van der Waals surface area (Å²) in [5.41, 5.74) is 0. The molecule has 0 fully saturated rings. The van der Waals surface area contributed by atoms with Crippen LogP contribution < -0.4 is 0 Å². The van der Waals surface area contributed by atoms with E-state index in [1.54, 1.807) is 9.34 Å². The molecular formula is C16H34Cl4N3O4PS. The van der Waals surface area contributed by atoms with Gasteiger partial charge in [-0.1, -0.05) is 13.8 Å². The minimum atomic E-state index is -3.59. The van der Waals surface area contributed by atoms with Gasteiger partial charge in [0.25, 0.3) is 0 Å².